The van der Waals surface area contributed by atoms with Crippen LogP contribution in [-0.4, -0.2) is 20.5 Å². The Morgan fingerprint density at radius 1 is 1.54 bits per heavy atom. The van der Waals surface area contributed by atoms with Crippen molar-refractivity contribution in [3.05, 3.63) is 24.0 Å². The number of nitrogen functional groups attached to an aromatic ring is 1. The highest BCUT2D eigenvalue weighted by Crippen LogP contribution is 2.10. The fourth-order valence-corrected chi connectivity index (χ4v) is 1.08. The molecule has 2 rings (SSSR count). The molecule has 0 aliphatic heterocycles. The lowest BCUT2D eigenvalue weighted by Gasteiger charge is -2.02. The number of primary amides is 1. The van der Waals surface area contributed by atoms with Crippen molar-refractivity contribution in [3.63, 3.8) is 0 Å². The van der Waals surface area contributed by atoms with Crippen LogP contribution in [0.15, 0.2) is 18.5 Å². The van der Waals surface area contributed by atoms with E-state index in [0.29, 0.717) is 5.65 Å². The van der Waals surface area contributed by atoms with Crippen LogP contribution in [0.3, 0.4) is 0 Å². The first kappa shape index (κ1) is 7.53. The van der Waals surface area contributed by atoms with Gasteiger partial charge in [-0.3, -0.25) is 4.79 Å². The summed E-state index contributed by atoms with van der Waals surface area (Å²) in [6.45, 7) is 0. The molecule has 66 valence electrons. The van der Waals surface area contributed by atoms with E-state index in [1.54, 1.807) is 12.3 Å². The molecule has 2 aromatic heterocycles. The molecule has 2 heterocycles. The van der Waals surface area contributed by atoms with E-state index in [9.17, 15) is 4.79 Å². The highest BCUT2D eigenvalue weighted by molar-refractivity contribution is 5.97. The summed E-state index contributed by atoms with van der Waals surface area (Å²) in [5.41, 5.74) is 11.5. The molecule has 6 nitrogen and oxygen atoms in total. The first-order valence-corrected chi connectivity index (χ1v) is 3.58. The average Bonchev–Trinajstić information content (AvgIpc) is 2.52. The lowest BCUT2D eigenvalue weighted by molar-refractivity contribution is 0.100. The third-order valence-corrected chi connectivity index (χ3v) is 1.72. The lowest BCUT2D eigenvalue weighted by atomic mass is 10.3. The van der Waals surface area contributed by atoms with E-state index in [1.165, 1.54) is 10.7 Å². The third kappa shape index (κ3) is 0.994. The van der Waals surface area contributed by atoms with Crippen molar-refractivity contribution in [1.82, 2.24) is 14.6 Å². The highest BCUT2D eigenvalue weighted by Gasteiger charge is 2.09. The van der Waals surface area contributed by atoms with Gasteiger partial charge >= 0.3 is 0 Å². The molecule has 6 heteroatoms. The molecule has 0 unspecified atom stereocenters. The van der Waals surface area contributed by atoms with E-state index >= 15 is 0 Å². The molecule has 0 atom stereocenters. The third-order valence-electron chi connectivity index (χ3n) is 1.72. The number of hydrogen-bond acceptors (Lipinski definition) is 4. The van der Waals surface area contributed by atoms with Gasteiger partial charge in [0.1, 0.15) is 5.82 Å². The summed E-state index contributed by atoms with van der Waals surface area (Å²) in [5.74, 6) is -0.398. The van der Waals surface area contributed by atoms with E-state index < -0.39 is 5.91 Å². The second-order valence-corrected chi connectivity index (χ2v) is 2.52. The molecule has 4 N–H and O–H groups in total. The fraction of sp³-hybridized carbons (Fsp3) is 0. The molecule has 0 aliphatic carbocycles. The standard InChI is InChI=1S/C7H7N5O/c8-6-4(7(9)13)3-10-5-1-2-11-12(5)6/h1-3H,8H2,(H2,9,13). The van der Waals surface area contributed by atoms with Gasteiger partial charge in [0.25, 0.3) is 5.91 Å². The van der Waals surface area contributed by atoms with Gasteiger partial charge in [-0.1, -0.05) is 0 Å². The van der Waals surface area contributed by atoms with Crippen molar-refractivity contribution < 1.29 is 4.79 Å². The Labute approximate surface area is 73.2 Å². The molecule has 0 saturated heterocycles. The zero-order valence-electron chi connectivity index (χ0n) is 6.64. The number of carbonyl (C=O) groups is 1. The van der Waals surface area contributed by atoms with Crippen LogP contribution in [-0.2, 0) is 0 Å². The fourth-order valence-electron chi connectivity index (χ4n) is 1.08. The van der Waals surface area contributed by atoms with Crippen molar-refractivity contribution in [2.24, 2.45) is 5.73 Å². The molecular weight excluding hydrogens is 170 g/mol. The summed E-state index contributed by atoms with van der Waals surface area (Å²) in [7, 11) is 0. The minimum Gasteiger partial charge on any atom is -0.383 e. The zero-order valence-corrected chi connectivity index (χ0v) is 6.64. The van der Waals surface area contributed by atoms with Crippen LogP contribution in [0.1, 0.15) is 10.4 Å². The molecular formula is C7H7N5O. The summed E-state index contributed by atoms with van der Waals surface area (Å²) in [4.78, 5) is 14.8. The Morgan fingerprint density at radius 3 is 3.00 bits per heavy atom. The summed E-state index contributed by atoms with van der Waals surface area (Å²) < 4.78 is 1.36. The zero-order chi connectivity index (χ0) is 9.42. The maximum absolute atomic E-state index is 10.8. The van der Waals surface area contributed by atoms with Crippen molar-refractivity contribution in [3.8, 4) is 0 Å². The Hall–Kier alpha value is -2.11. The van der Waals surface area contributed by atoms with Crippen LogP contribution < -0.4 is 11.5 Å². The Bertz CT molecular complexity index is 475. The van der Waals surface area contributed by atoms with Gasteiger partial charge in [0, 0.05) is 12.3 Å². The largest absolute Gasteiger partial charge is 0.383 e. The minimum atomic E-state index is -0.609. The first-order chi connectivity index (χ1) is 6.20. The van der Waals surface area contributed by atoms with Crippen LogP contribution in [0.5, 0.6) is 0 Å². The van der Waals surface area contributed by atoms with Crippen LogP contribution in [0.25, 0.3) is 5.65 Å². The molecule has 0 fully saturated rings. The predicted octanol–water partition coefficient (Wildman–Crippen LogP) is -0.590. The number of nitrogens with two attached hydrogens (primary N) is 2. The maximum atomic E-state index is 10.8. The number of nitrogens with zero attached hydrogens (tertiary/aromatic N) is 3. The van der Waals surface area contributed by atoms with Crippen LogP contribution in [0, 0.1) is 0 Å². The van der Waals surface area contributed by atoms with Gasteiger partial charge in [-0.15, -0.1) is 0 Å². The maximum Gasteiger partial charge on any atom is 0.254 e. The van der Waals surface area contributed by atoms with Crippen LogP contribution >= 0.6 is 0 Å². The van der Waals surface area contributed by atoms with Gasteiger partial charge < -0.3 is 11.5 Å². The number of anilines is 1. The number of fused-ring (bicyclic) bond motifs is 1. The lowest BCUT2D eigenvalue weighted by Crippen LogP contribution is -2.16. The van der Waals surface area contributed by atoms with E-state index in [1.807, 2.05) is 0 Å². The highest BCUT2D eigenvalue weighted by atomic mass is 16.1. The quantitative estimate of drug-likeness (QED) is 0.608. The van der Waals surface area contributed by atoms with Gasteiger partial charge in [-0.2, -0.15) is 9.61 Å². The summed E-state index contributed by atoms with van der Waals surface area (Å²) in [5, 5.41) is 3.88. The van der Waals surface area contributed by atoms with Crippen molar-refractivity contribution >= 4 is 17.4 Å². The Balaban J connectivity index is 2.80. The van der Waals surface area contributed by atoms with Gasteiger partial charge in [0.2, 0.25) is 0 Å². The number of hydrogen-bond donors (Lipinski definition) is 2. The monoisotopic (exact) mass is 177 g/mol. The molecule has 0 bridgehead atoms. The minimum absolute atomic E-state index is 0.177. The first-order valence-electron chi connectivity index (χ1n) is 3.58. The molecule has 0 radical (unpaired) electrons. The van der Waals surface area contributed by atoms with E-state index in [-0.39, 0.29) is 11.4 Å². The second kappa shape index (κ2) is 2.44. The predicted molar refractivity (Wildman–Crippen MR) is 45.9 cm³/mol. The van der Waals surface area contributed by atoms with E-state index in [4.69, 9.17) is 11.5 Å². The molecule has 13 heavy (non-hydrogen) atoms. The Morgan fingerprint density at radius 2 is 2.31 bits per heavy atom. The normalized spacial score (nSPS) is 10.5. The number of amides is 1. The number of rotatable bonds is 1. The SMILES string of the molecule is NC(=O)c1cnc2ccnn2c1N. The molecule has 1 amide bonds. The molecule has 0 aromatic carbocycles. The number of carbonyl (C=O) groups excluding carboxylic acids is 1. The van der Waals surface area contributed by atoms with Gasteiger partial charge in [0.05, 0.1) is 11.8 Å². The van der Waals surface area contributed by atoms with Crippen LogP contribution in [0.4, 0.5) is 5.82 Å². The van der Waals surface area contributed by atoms with Crippen LogP contribution in [0.2, 0.25) is 0 Å². The van der Waals surface area contributed by atoms with Crippen molar-refractivity contribution in [2.75, 3.05) is 5.73 Å². The molecule has 2 aromatic rings. The summed E-state index contributed by atoms with van der Waals surface area (Å²) in [6, 6.07) is 1.68. The smallest absolute Gasteiger partial charge is 0.254 e. The second-order valence-electron chi connectivity index (χ2n) is 2.52. The van der Waals surface area contributed by atoms with E-state index in [2.05, 4.69) is 10.1 Å². The van der Waals surface area contributed by atoms with Gasteiger partial charge in [0.15, 0.2) is 5.65 Å². The van der Waals surface area contributed by atoms with Crippen molar-refractivity contribution in [1.29, 1.82) is 0 Å². The summed E-state index contributed by atoms with van der Waals surface area (Å²) >= 11 is 0. The van der Waals surface area contributed by atoms with Gasteiger partial charge in [-0.25, -0.2) is 4.98 Å². The summed E-state index contributed by atoms with van der Waals surface area (Å²) in [6.07, 6.45) is 2.89. The Kier molecular flexibility index (Phi) is 1.42. The molecule has 0 spiro atoms. The topological polar surface area (TPSA) is 99.3 Å². The number of aromatic nitrogens is 3. The molecule has 0 saturated carbocycles. The van der Waals surface area contributed by atoms with Gasteiger partial charge in [-0.05, 0) is 0 Å². The van der Waals surface area contributed by atoms with E-state index in [0.717, 1.165) is 0 Å². The van der Waals surface area contributed by atoms with Crippen molar-refractivity contribution in [2.45, 2.75) is 0 Å². The average molecular weight is 177 g/mol. The molecule has 0 aliphatic rings.